The lowest BCUT2D eigenvalue weighted by molar-refractivity contribution is 0.102. The highest BCUT2D eigenvalue weighted by Crippen LogP contribution is 2.24. The molecule has 0 atom stereocenters. The molecule has 7 heteroatoms. The number of anilines is 1. The number of fused-ring (bicyclic) bond motifs is 1. The van der Waals surface area contributed by atoms with Gasteiger partial charge in [-0.1, -0.05) is 0 Å². The summed E-state index contributed by atoms with van der Waals surface area (Å²) in [6.07, 6.45) is 0. The number of aromatic nitrogens is 1. The lowest BCUT2D eigenvalue weighted by Gasteiger charge is -2.08. The van der Waals surface area contributed by atoms with E-state index in [1.54, 1.807) is 43.4 Å². The third kappa shape index (κ3) is 2.87. The van der Waals surface area contributed by atoms with Crippen LogP contribution in [0.3, 0.4) is 0 Å². The normalized spacial score (nSPS) is 10.7. The first-order chi connectivity index (χ1) is 11.0. The van der Waals surface area contributed by atoms with Gasteiger partial charge in [0, 0.05) is 23.3 Å². The van der Waals surface area contributed by atoms with Gasteiger partial charge in [0.05, 0.1) is 18.2 Å². The van der Waals surface area contributed by atoms with E-state index < -0.39 is 5.76 Å². The summed E-state index contributed by atoms with van der Waals surface area (Å²) in [6.45, 7) is 0. The van der Waals surface area contributed by atoms with Crippen LogP contribution < -0.4 is 15.8 Å². The van der Waals surface area contributed by atoms with E-state index in [1.807, 2.05) is 0 Å². The van der Waals surface area contributed by atoms with Crippen LogP contribution in [0.4, 0.5) is 5.69 Å². The average molecular weight is 377 g/mol. The molecule has 0 saturated carbocycles. The van der Waals surface area contributed by atoms with Crippen LogP contribution in [-0.4, -0.2) is 17.6 Å². The number of halogens is 1. The van der Waals surface area contributed by atoms with Crippen molar-refractivity contribution in [3.63, 3.8) is 0 Å². The predicted molar refractivity (Wildman–Crippen MR) is 90.1 cm³/mol. The fourth-order valence-electron chi connectivity index (χ4n) is 2.22. The van der Waals surface area contributed by atoms with E-state index in [0.29, 0.717) is 32.6 Å². The van der Waals surface area contributed by atoms with Crippen LogP contribution in [0.2, 0.25) is 0 Å². The maximum absolute atomic E-state index is 12.4. The molecule has 0 radical (unpaired) electrons. The molecule has 23 heavy (non-hydrogen) atoms. The lowest BCUT2D eigenvalue weighted by atomic mass is 10.2. The van der Waals surface area contributed by atoms with Gasteiger partial charge in [-0.15, -0.1) is 0 Å². The van der Waals surface area contributed by atoms with E-state index in [0.717, 1.165) is 0 Å². The fraction of sp³-hybridized carbons (Fsp3) is 0.125. The van der Waals surface area contributed by atoms with Crippen LogP contribution in [0.5, 0.6) is 5.75 Å². The van der Waals surface area contributed by atoms with Gasteiger partial charge in [-0.3, -0.25) is 9.36 Å². The molecule has 3 aromatic rings. The fourth-order valence-corrected chi connectivity index (χ4v) is 2.64. The van der Waals surface area contributed by atoms with Crippen molar-refractivity contribution in [2.45, 2.75) is 0 Å². The number of ether oxygens (including phenoxy) is 1. The Kier molecular flexibility index (Phi) is 3.96. The molecule has 1 aromatic heterocycles. The van der Waals surface area contributed by atoms with Gasteiger partial charge in [0.2, 0.25) is 0 Å². The minimum atomic E-state index is -0.445. The lowest BCUT2D eigenvalue weighted by Crippen LogP contribution is -2.12. The van der Waals surface area contributed by atoms with Crippen LogP contribution in [0, 0.1) is 0 Å². The number of aryl methyl sites for hydroxylation is 1. The Bertz CT molecular complexity index is 958. The summed E-state index contributed by atoms with van der Waals surface area (Å²) in [4.78, 5) is 23.9. The Balaban J connectivity index is 1.92. The molecule has 0 aliphatic carbocycles. The summed E-state index contributed by atoms with van der Waals surface area (Å²) in [7, 11) is 3.16. The second-order valence-electron chi connectivity index (χ2n) is 4.91. The Morgan fingerprint density at radius 1 is 1.26 bits per heavy atom. The van der Waals surface area contributed by atoms with Crippen LogP contribution in [0.15, 0.2) is 50.1 Å². The topological polar surface area (TPSA) is 73.5 Å². The van der Waals surface area contributed by atoms with Gasteiger partial charge in [-0.05, 0) is 46.3 Å². The van der Waals surface area contributed by atoms with Gasteiger partial charge in [0.15, 0.2) is 5.58 Å². The van der Waals surface area contributed by atoms with Crippen molar-refractivity contribution >= 4 is 38.6 Å². The first-order valence-corrected chi connectivity index (χ1v) is 7.53. The molecule has 118 valence electrons. The number of nitrogens with one attached hydrogen (secondary N) is 1. The Labute approximate surface area is 139 Å². The van der Waals surface area contributed by atoms with Crippen molar-refractivity contribution in [1.29, 1.82) is 0 Å². The van der Waals surface area contributed by atoms with Crippen molar-refractivity contribution in [2.24, 2.45) is 7.05 Å². The van der Waals surface area contributed by atoms with E-state index >= 15 is 0 Å². The molecule has 0 bridgehead atoms. The molecule has 1 heterocycles. The zero-order chi connectivity index (χ0) is 16.6. The third-order valence-electron chi connectivity index (χ3n) is 3.47. The third-order valence-corrected chi connectivity index (χ3v) is 4.16. The van der Waals surface area contributed by atoms with Gasteiger partial charge in [-0.2, -0.15) is 0 Å². The van der Waals surface area contributed by atoms with Crippen molar-refractivity contribution in [3.05, 3.63) is 57.0 Å². The van der Waals surface area contributed by atoms with Gasteiger partial charge < -0.3 is 14.5 Å². The van der Waals surface area contributed by atoms with Crippen molar-refractivity contribution in [3.8, 4) is 5.75 Å². The van der Waals surface area contributed by atoms with E-state index in [-0.39, 0.29) is 5.91 Å². The zero-order valence-electron chi connectivity index (χ0n) is 12.4. The molecule has 1 amide bonds. The second kappa shape index (κ2) is 5.92. The molecule has 0 aliphatic rings. The highest BCUT2D eigenvalue weighted by molar-refractivity contribution is 9.10. The molecule has 1 N–H and O–H groups in total. The van der Waals surface area contributed by atoms with E-state index in [1.165, 1.54) is 11.7 Å². The molecule has 0 aliphatic heterocycles. The van der Waals surface area contributed by atoms with Crippen molar-refractivity contribution in [1.82, 2.24) is 4.57 Å². The standard InChI is InChI=1S/C16H13BrN2O4/c1-19-13-6-3-9(7-14(13)23-16(19)21)18-15(20)11-8-10(22-2)4-5-12(11)17/h3-8H,1-2H3,(H,18,20). The maximum atomic E-state index is 12.4. The Morgan fingerprint density at radius 2 is 2.04 bits per heavy atom. The molecular formula is C16H13BrN2O4. The number of hydrogen-bond donors (Lipinski definition) is 1. The molecule has 0 spiro atoms. The summed E-state index contributed by atoms with van der Waals surface area (Å²) in [5, 5.41) is 2.78. The summed E-state index contributed by atoms with van der Waals surface area (Å²) < 4.78 is 12.3. The minimum absolute atomic E-state index is 0.298. The number of methoxy groups -OCH3 is 1. The number of amides is 1. The summed E-state index contributed by atoms with van der Waals surface area (Å²) in [5.74, 6) is -0.157. The Morgan fingerprint density at radius 3 is 2.78 bits per heavy atom. The SMILES string of the molecule is COc1ccc(Br)c(C(=O)Nc2ccc3c(c2)oc(=O)n3C)c1. The molecule has 0 saturated heterocycles. The first-order valence-electron chi connectivity index (χ1n) is 6.74. The van der Waals surface area contributed by atoms with Gasteiger partial charge in [0.25, 0.3) is 5.91 Å². The quantitative estimate of drug-likeness (QED) is 0.761. The van der Waals surface area contributed by atoms with E-state index in [4.69, 9.17) is 9.15 Å². The van der Waals surface area contributed by atoms with Crippen LogP contribution in [-0.2, 0) is 7.05 Å². The predicted octanol–water partition coefficient (Wildman–Crippen LogP) is 3.15. The number of rotatable bonds is 3. The number of benzene rings is 2. The van der Waals surface area contributed by atoms with Crippen molar-refractivity contribution in [2.75, 3.05) is 12.4 Å². The van der Waals surface area contributed by atoms with Crippen LogP contribution in [0.1, 0.15) is 10.4 Å². The highest BCUT2D eigenvalue weighted by atomic mass is 79.9. The van der Waals surface area contributed by atoms with Crippen LogP contribution in [0.25, 0.3) is 11.1 Å². The molecular weight excluding hydrogens is 364 g/mol. The minimum Gasteiger partial charge on any atom is -0.497 e. The average Bonchev–Trinajstić information content (AvgIpc) is 2.82. The smallest absolute Gasteiger partial charge is 0.419 e. The number of nitrogens with zero attached hydrogens (tertiary/aromatic N) is 1. The monoisotopic (exact) mass is 376 g/mol. The van der Waals surface area contributed by atoms with Crippen LogP contribution >= 0.6 is 15.9 Å². The molecule has 0 unspecified atom stereocenters. The van der Waals surface area contributed by atoms with Gasteiger partial charge in [0.1, 0.15) is 5.75 Å². The number of carbonyl (C=O) groups is 1. The zero-order valence-corrected chi connectivity index (χ0v) is 14.0. The van der Waals surface area contributed by atoms with E-state index in [2.05, 4.69) is 21.2 Å². The number of oxazole rings is 1. The van der Waals surface area contributed by atoms with Crippen molar-refractivity contribution < 1.29 is 13.9 Å². The highest BCUT2D eigenvalue weighted by Gasteiger charge is 2.13. The first kappa shape index (κ1) is 15.4. The number of carbonyl (C=O) groups excluding carboxylic acids is 1. The molecule has 2 aromatic carbocycles. The maximum Gasteiger partial charge on any atom is 0.419 e. The van der Waals surface area contributed by atoms with Gasteiger partial charge >= 0.3 is 5.76 Å². The summed E-state index contributed by atoms with van der Waals surface area (Å²) in [6, 6.07) is 10.2. The largest absolute Gasteiger partial charge is 0.497 e. The second-order valence-corrected chi connectivity index (χ2v) is 5.76. The number of hydrogen-bond acceptors (Lipinski definition) is 4. The van der Waals surface area contributed by atoms with Gasteiger partial charge in [-0.25, -0.2) is 4.79 Å². The summed E-state index contributed by atoms with van der Waals surface area (Å²) in [5.41, 5.74) is 2.06. The summed E-state index contributed by atoms with van der Waals surface area (Å²) >= 11 is 3.35. The molecule has 3 rings (SSSR count). The molecule has 0 fully saturated rings. The Hall–Kier alpha value is -2.54. The molecule has 6 nitrogen and oxygen atoms in total. The van der Waals surface area contributed by atoms with E-state index in [9.17, 15) is 9.59 Å².